The van der Waals surface area contributed by atoms with Gasteiger partial charge in [0, 0.05) is 45.0 Å². The molecule has 120 valence electrons. The molecule has 4 atom stereocenters. The van der Waals surface area contributed by atoms with Crippen molar-refractivity contribution < 1.29 is 9.47 Å². The van der Waals surface area contributed by atoms with Gasteiger partial charge in [-0.2, -0.15) is 0 Å². The van der Waals surface area contributed by atoms with Gasteiger partial charge >= 0.3 is 0 Å². The highest BCUT2D eigenvalue weighted by atomic mass is 16.5. The van der Waals surface area contributed by atoms with Crippen LogP contribution in [0, 0.1) is 11.8 Å². The van der Waals surface area contributed by atoms with Crippen molar-refractivity contribution in [2.45, 2.75) is 62.6 Å². The van der Waals surface area contributed by atoms with E-state index in [4.69, 9.17) is 15.2 Å². The molecular formula is C17H30N2O2. The van der Waals surface area contributed by atoms with Gasteiger partial charge in [0.1, 0.15) is 0 Å². The number of nitrogens with two attached hydrogens (primary N) is 1. The second-order valence-electron chi connectivity index (χ2n) is 7.76. The first-order chi connectivity index (χ1) is 10.3. The smallest absolute Gasteiger partial charge is 0.0741 e. The molecule has 0 aromatic heterocycles. The van der Waals surface area contributed by atoms with Crippen molar-refractivity contribution in [3.8, 4) is 0 Å². The van der Waals surface area contributed by atoms with E-state index in [1.807, 2.05) is 0 Å². The van der Waals surface area contributed by atoms with Gasteiger partial charge < -0.3 is 15.2 Å². The molecule has 21 heavy (non-hydrogen) atoms. The van der Waals surface area contributed by atoms with Gasteiger partial charge in [-0.3, -0.25) is 4.90 Å². The number of rotatable bonds is 1. The summed E-state index contributed by atoms with van der Waals surface area (Å²) in [7, 11) is 0. The van der Waals surface area contributed by atoms with Crippen LogP contribution in [0.25, 0.3) is 0 Å². The summed E-state index contributed by atoms with van der Waals surface area (Å²) >= 11 is 0. The summed E-state index contributed by atoms with van der Waals surface area (Å²) < 4.78 is 11.7. The van der Waals surface area contributed by atoms with E-state index in [0.717, 1.165) is 50.5 Å². The van der Waals surface area contributed by atoms with Crippen LogP contribution in [0.3, 0.4) is 0 Å². The van der Waals surface area contributed by atoms with Crippen LogP contribution in [0.5, 0.6) is 0 Å². The Hall–Kier alpha value is -0.160. The zero-order valence-corrected chi connectivity index (χ0v) is 13.1. The SMILES string of the molecule is NC1CCCC2CN(C3CCOC4(CCOCC4)C3)CC12. The zero-order chi connectivity index (χ0) is 14.3. The maximum absolute atomic E-state index is 6.38. The maximum Gasteiger partial charge on any atom is 0.0741 e. The molecule has 1 aliphatic carbocycles. The van der Waals surface area contributed by atoms with Crippen molar-refractivity contribution in [3.63, 3.8) is 0 Å². The van der Waals surface area contributed by atoms with Gasteiger partial charge in [0.05, 0.1) is 5.60 Å². The van der Waals surface area contributed by atoms with Crippen LogP contribution in [0.15, 0.2) is 0 Å². The normalized spacial score (nSPS) is 43.9. The summed E-state index contributed by atoms with van der Waals surface area (Å²) in [6.07, 6.45) is 8.57. The summed E-state index contributed by atoms with van der Waals surface area (Å²) in [5.41, 5.74) is 6.50. The summed E-state index contributed by atoms with van der Waals surface area (Å²) in [6, 6.07) is 1.17. The van der Waals surface area contributed by atoms with Crippen LogP contribution in [-0.4, -0.2) is 55.5 Å². The summed E-state index contributed by atoms with van der Waals surface area (Å²) in [4.78, 5) is 2.76. The van der Waals surface area contributed by atoms with Crippen LogP contribution in [0.1, 0.15) is 44.9 Å². The third kappa shape index (κ3) is 2.76. The van der Waals surface area contributed by atoms with Crippen LogP contribution < -0.4 is 5.73 Å². The van der Waals surface area contributed by atoms with Crippen LogP contribution in [-0.2, 0) is 9.47 Å². The first kappa shape index (κ1) is 14.4. The van der Waals surface area contributed by atoms with Crippen molar-refractivity contribution in [1.29, 1.82) is 0 Å². The molecular weight excluding hydrogens is 264 g/mol. The highest BCUT2D eigenvalue weighted by Crippen LogP contribution is 2.41. The summed E-state index contributed by atoms with van der Waals surface area (Å²) in [6.45, 7) is 5.22. The van der Waals surface area contributed by atoms with Crippen molar-refractivity contribution in [1.82, 2.24) is 4.90 Å². The number of fused-ring (bicyclic) bond motifs is 1. The van der Waals surface area contributed by atoms with Gasteiger partial charge in [-0.05, 0) is 50.4 Å². The predicted octanol–water partition coefficient (Wildman–Crippen LogP) is 1.77. The Kier molecular flexibility index (Phi) is 3.99. The average molecular weight is 294 g/mol. The lowest BCUT2D eigenvalue weighted by molar-refractivity contribution is -0.150. The molecule has 0 aromatic carbocycles. The van der Waals surface area contributed by atoms with E-state index < -0.39 is 0 Å². The Balaban J connectivity index is 1.42. The van der Waals surface area contributed by atoms with Crippen molar-refractivity contribution >= 4 is 0 Å². The minimum Gasteiger partial charge on any atom is -0.381 e. The zero-order valence-electron chi connectivity index (χ0n) is 13.1. The highest BCUT2D eigenvalue weighted by Gasteiger charge is 2.45. The van der Waals surface area contributed by atoms with Crippen LogP contribution in [0.2, 0.25) is 0 Å². The van der Waals surface area contributed by atoms with Crippen LogP contribution in [0.4, 0.5) is 0 Å². The molecule has 0 radical (unpaired) electrons. The topological polar surface area (TPSA) is 47.7 Å². The van der Waals surface area contributed by atoms with Crippen molar-refractivity contribution in [2.24, 2.45) is 17.6 Å². The Morgan fingerprint density at radius 1 is 1.00 bits per heavy atom. The Morgan fingerprint density at radius 3 is 2.67 bits per heavy atom. The molecule has 0 bridgehead atoms. The minimum atomic E-state index is 0.122. The molecule has 0 aromatic rings. The lowest BCUT2D eigenvalue weighted by atomic mass is 9.78. The molecule has 3 heterocycles. The number of hydrogen-bond donors (Lipinski definition) is 1. The molecule has 0 amide bonds. The van der Waals surface area contributed by atoms with Crippen molar-refractivity contribution in [3.05, 3.63) is 0 Å². The van der Waals surface area contributed by atoms with E-state index in [-0.39, 0.29) is 5.60 Å². The second-order valence-corrected chi connectivity index (χ2v) is 7.76. The number of hydrogen-bond acceptors (Lipinski definition) is 4. The first-order valence-corrected chi connectivity index (χ1v) is 8.97. The lowest BCUT2D eigenvalue weighted by Gasteiger charge is -2.45. The van der Waals surface area contributed by atoms with Gasteiger partial charge in [-0.25, -0.2) is 0 Å². The van der Waals surface area contributed by atoms with E-state index in [1.165, 1.54) is 45.2 Å². The molecule has 3 saturated heterocycles. The summed E-state index contributed by atoms with van der Waals surface area (Å²) in [5, 5.41) is 0. The van der Waals surface area contributed by atoms with E-state index in [1.54, 1.807) is 0 Å². The van der Waals surface area contributed by atoms with Gasteiger partial charge in [-0.15, -0.1) is 0 Å². The molecule has 3 aliphatic heterocycles. The summed E-state index contributed by atoms with van der Waals surface area (Å²) in [5.74, 6) is 1.62. The molecule has 4 aliphatic rings. The number of likely N-dealkylation sites (tertiary alicyclic amines) is 1. The van der Waals surface area contributed by atoms with E-state index in [2.05, 4.69) is 4.90 Å². The Labute approximate surface area is 128 Å². The number of ether oxygens (including phenoxy) is 2. The van der Waals surface area contributed by atoms with Gasteiger partial charge in [0.2, 0.25) is 0 Å². The van der Waals surface area contributed by atoms with E-state index >= 15 is 0 Å². The quantitative estimate of drug-likeness (QED) is 0.801. The van der Waals surface area contributed by atoms with Gasteiger partial charge in [0.15, 0.2) is 0 Å². The minimum absolute atomic E-state index is 0.122. The molecule has 2 N–H and O–H groups in total. The highest BCUT2D eigenvalue weighted by molar-refractivity contribution is 4.98. The maximum atomic E-state index is 6.38. The second kappa shape index (κ2) is 5.80. The molecule has 4 fully saturated rings. The third-order valence-electron chi connectivity index (χ3n) is 6.57. The average Bonchev–Trinajstić information content (AvgIpc) is 2.94. The fourth-order valence-corrected chi connectivity index (χ4v) is 5.25. The Bertz CT molecular complexity index is 364. The monoisotopic (exact) mass is 294 g/mol. The van der Waals surface area contributed by atoms with Crippen molar-refractivity contribution in [2.75, 3.05) is 32.9 Å². The molecule has 4 unspecified atom stereocenters. The third-order valence-corrected chi connectivity index (χ3v) is 6.57. The fraction of sp³-hybridized carbons (Fsp3) is 1.00. The fourth-order valence-electron chi connectivity index (χ4n) is 5.25. The molecule has 4 rings (SSSR count). The first-order valence-electron chi connectivity index (χ1n) is 8.97. The van der Waals surface area contributed by atoms with E-state index in [0.29, 0.717) is 6.04 Å². The Morgan fingerprint density at radius 2 is 1.86 bits per heavy atom. The molecule has 1 saturated carbocycles. The lowest BCUT2D eigenvalue weighted by Crippen LogP contribution is -2.50. The largest absolute Gasteiger partial charge is 0.381 e. The standard InChI is InChI=1S/C17H30N2O2/c18-16-3-1-2-13-11-19(12-15(13)16)14-4-7-21-17(10-14)5-8-20-9-6-17/h13-16H,1-12,18H2. The number of nitrogens with zero attached hydrogens (tertiary/aromatic N) is 1. The molecule has 4 heteroatoms. The van der Waals surface area contributed by atoms with Gasteiger partial charge in [-0.1, -0.05) is 6.42 Å². The predicted molar refractivity (Wildman–Crippen MR) is 82.1 cm³/mol. The van der Waals surface area contributed by atoms with E-state index in [9.17, 15) is 0 Å². The molecule has 4 nitrogen and oxygen atoms in total. The molecule has 1 spiro atoms. The van der Waals surface area contributed by atoms with Gasteiger partial charge in [0.25, 0.3) is 0 Å². The van der Waals surface area contributed by atoms with Crippen LogP contribution >= 0.6 is 0 Å².